The van der Waals surface area contributed by atoms with Gasteiger partial charge in [-0.1, -0.05) is 12.1 Å². The number of aryl methyl sites for hydroxylation is 2. The van der Waals surface area contributed by atoms with Crippen LogP contribution in [0.15, 0.2) is 36.9 Å². The maximum absolute atomic E-state index is 12.1. The predicted octanol–water partition coefficient (Wildman–Crippen LogP) is 3.13. The largest absolute Gasteiger partial charge is 0.368 e. The normalized spacial score (nSPS) is 10.6. The molecule has 0 aliphatic carbocycles. The summed E-state index contributed by atoms with van der Waals surface area (Å²) in [6.07, 6.45) is 3.25. The van der Waals surface area contributed by atoms with E-state index in [4.69, 9.17) is 0 Å². The van der Waals surface area contributed by atoms with Crippen LogP contribution in [-0.4, -0.2) is 38.6 Å². The van der Waals surface area contributed by atoms with Crippen molar-refractivity contribution in [2.24, 2.45) is 0 Å². The molecule has 2 amide bonds. The van der Waals surface area contributed by atoms with Crippen molar-refractivity contribution in [1.82, 2.24) is 24.8 Å². The summed E-state index contributed by atoms with van der Waals surface area (Å²) in [7, 11) is 0. The van der Waals surface area contributed by atoms with Crippen LogP contribution in [0, 0.1) is 27.7 Å². The number of imidazole rings is 1. The number of urea groups is 1. The fourth-order valence-electron chi connectivity index (χ4n) is 2.72. The van der Waals surface area contributed by atoms with E-state index in [1.165, 1.54) is 6.33 Å². The van der Waals surface area contributed by atoms with E-state index in [1.807, 2.05) is 56.5 Å². The van der Waals surface area contributed by atoms with Gasteiger partial charge in [-0.15, -0.1) is 0 Å². The maximum atomic E-state index is 12.1. The Bertz CT molecular complexity index is 980. The average molecular weight is 379 g/mol. The molecule has 0 saturated heterocycles. The summed E-state index contributed by atoms with van der Waals surface area (Å²) >= 11 is 0. The number of benzene rings is 1. The highest BCUT2D eigenvalue weighted by molar-refractivity contribution is 5.90. The van der Waals surface area contributed by atoms with Gasteiger partial charge in [-0.2, -0.15) is 0 Å². The monoisotopic (exact) mass is 379 g/mol. The molecule has 0 radical (unpaired) electrons. The van der Waals surface area contributed by atoms with E-state index >= 15 is 0 Å². The van der Waals surface area contributed by atoms with Gasteiger partial charge in [0.25, 0.3) is 0 Å². The Hall–Kier alpha value is -3.42. The molecule has 0 unspecified atom stereocenters. The average Bonchev–Trinajstić information content (AvgIpc) is 3.02. The number of hydrogen-bond donors (Lipinski definition) is 3. The lowest BCUT2D eigenvalue weighted by atomic mass is 10.1. The van der Waals surface area contributed by atoms with Gasteiger partial charge in [-0.25, -0.2) is 19.7 Å². The first-order valence-electron chi connectivity index (χ1n) is 9.13. The quantitative estimate of drug-likeness (QED) is 0.572. The fraction of sp³-hybridized carbons (Fsp3) is 0.300. The number of aromatic nitrogens is 4. The van der Waals surface area contributed by atoms with Crippen LogP contribution >= 0.6 is 0 Å². The first-order valence-corrected chi connectivity index (χ1v) is 9.13. The highest BCUT2D eigenvalue weighted by Gasteiger charge is 2.07. The molecule has 8 heteroatoms. The van der Waals surface area contributed by atoms with Crippen molar-refractivity contribution in [1.29, 1.82) is 0 Å². The molecule has 0 aliphatic heterocycles. The molecular formula is C20H25N7O. The second-order valence-corrected chi connectivity index (χ2v) is 6.60. The lowest BCUT2D eigenvalue weighted by Gasteiger charge is -2.12. The number of nitrogens with zero attached hydrogens (tertiary/aromatic N) is 4. The third-order valence-corrected chi connectivity index (χ3v) is 4.72. The SMILES string of the molecule is Cc1cccc(NC(=O)NCCNc2cc(-n3cnc(C)c3C)ncn2)c1C. The molecule has 0 atom stereocenters. The van der Waals surface area contributed by atoms with Crippen molar-refractivity contribution in [2.45, 2.75) is 27.7 Å². The summed E-state index contributed by atoms with van der Waals surface area (Å²) < 4.78 is 1.91. The predicted molar refractivity (Wildman–Crippen MR) is 110 cm³/mol. The van der Waals surface area contributed by atoms with Crippen molar-refractivity contribution >= 4 is 17.5 Å². The maximum Gasteiger partial charge on any atom is 0.319 e. The van der Waals surface area contributed by atoms with Crippen molar-refractivity contribution in [3.8, 4) is 5.82 Å². The first-order chi connectivity index (χ1) is 13.5. The lowest BCUT2D eigenvalue weighted by Crippen LogP contribution is -2.33. The zero-order valence-electron chi connectivity index (χ0n) is 16.6. The van der Waals surface area contributed by atoms with Crippen molar-refractivity contribution in [3.63, 3.8) is 0 Å². The van der Waals surface area contributed by atoms with E-state index in [9.17, 15) is 4.79 Å². The minimum absolute atomic E-state index is 0.233. The number of carbonyl (C=O) groups is 1. The number of nitrogens with one attached hydrogen (secondary N) is 3. The van der Waals surface area contributed by atoms with Gasteiger partial charge >= 0.3 is 6.03 Å². The molecule has 0 bridgehead atoms. The molecule has 1 aromatic carbocycles. The molecule has 3 N–H and O–H groups in total. The molecule has 28 heavy (non-hydrogen) atoms. The zero-order chi connectivity index (χ0) is 20.1. The Morgan fingerprint density at radius 3 is 2.64 bits per heavy atom. The highest BCUT2D eigenvalue weighted by Crippen LogP contribution is 2.17. The number of rotatable bonds is 6. The van der Waals surface area contributed by atoms with E-state index in [0.717, 1.165) is 34.0 Å². The van der Waals surface area contributed by atoms with Gasteiger partial charge in [0.2, 0.25) is 0 Å². The Balaban J connectivity index is 1.50. The van der Waals surface area contributed by atoms with Crippen LogP contribution in [0.5, 0.6) is 0 Å². The number of amides is 2. The van der Waals surface area contributed by atoms with Gasteiger partial charge < -0.3 is 16.0 Å². The van der Waals surface area contributed by atoms with Crippen LogP contribution in [0.25, 0.3) is 5.82 Å². The summed E-state index contributed by atoms with van der Waals surface area (Å²) in [6, 6.07) is 7.45. The zero-order valence-corrected chi connectivity index (χ0v) is 16.6. The summed E-state index contributed by atoms with van der Waals surface area (Å²) in [6.45, 7) is 8.96. The highest BCUT2D eigenvalue weighted by atomic mass is 16.2. The molecule has 3 rings (SSSR count). The second kappa shape index (κ2) is 8.51. The Morgan fingerprint density at radius 2 is 1.89 bits per heavy atom. The van der Waals surface area contributed by atoms with Crippen LogP contribution in [0.4, 0.5) is 16.3 Å². The molecule has 0 spiro atoms. The van der Waals surface area contributed by atoms with Crippen molar-refractivity contribution in [2.75, 3.05) is 23.7 Å². The van der Waals surface area contributed by atoms with Crippen LogP contribution in [-0.2, 0) is 0 Å². The van der Waals surface area contributed by atoms with E-state index in [0.29, 0.717) is 18.9 Å². The van der Waals surface area contributed by atoms with Gasteiger partial charge in [0.05, 0.1) is 5.69 Å². The van der Waals surface area contributed by atoms with Crippen molar-refractivity contribution in [3.05, 3.63) is 59.4 Å². The van der Waals surface area contributed by atoms with Gasteiger partial charge in [-0.05, 0) is 44.9 Å². The van der Waals surface area contributed by atoms with E-state index in [-0.39, 0.29) is 6.03 Å². The van der Waals surface area contributed by atoms with Crippen LogP contribution in [0.1, 0.15) is 22.5 Å². The Kier molecular flexibility index (Phi) is 5.88. The van der Waals surface area contributed by atoms with Crippen molar-refractivity contribution < 1.29 is 4.79 Å². The molecule has 0 saturated carbocycles. The van der Waals surface area contributed by atoms with Crippen LogP contribution < -0.4 is 16.0 Å². The molecule has 3 aromatic rings. The van der Waals surface area contributed by atoms with E-state index in [2.05, 4.69) is 30.9 Å². The lowest BCUT2D eigenvalue weighted by molar-refractivity contribution is 0.252. The molecule has 8 nitrogen and oxygen atoms in total. The molecular weight excluding hydrogens is 354 g/mol. The summed E-state index contributed by atoms with van der Waals surface area (Å²) in [5, 5.41) is 8.90. The fourth-order valence-corrected chi connectivity index (χ4v) is 2.72. The first kappa shape index (κ1) is 19.3. The van der Waals surface area contributed by atoms with Gasteiger partial charge in [0, 0.05) is 30.5 Å². The summed E-state index contributed by atoms with van der Waals surface area (Å²) in [5.41, 5.74) is 5.02. The third kappa shape index (κ3) is 4.46. The van der Waals surface area contributed by atoms with E-state index in [1.54, 1.807) is 6.33 Å². The molecule has 2 aromatic heterocycles. The van der Waals surface area contributed by atoms with Crippen LogP contribution in [0.2, 0.25) is 0 Å². The standard InChI is InChI=1S/C20H25N7O/c1-13-6-5-7-17(14(13)2)26-20(28)22-9-8-21-18-10-19(24-11-23-18)27-12-25-15(3)16(27)4/h5-7,10-12H,8-9H2,1-4H3,(H,21,23,24)(H2,22,26,28). The summed E-state index contributed by atoms with van der Waals surface area (Å²) in [5.74, 6) is 1.43. The van der Waals surface area contributed by atoms with Crippen LogP contribution in [0.3, 0.4) is 0 Å². The van der Waals surface area contributed by atoms with Gasteiger partial charge in [0.15, 0.2) is 0 Å². The number of carbonyl (C=O) groups excluding carboxylic acids is 1. The second-order valence-electron chi connectivity index (χ2n) is 6.60. The van der Waals surface area contributed by atoms with E-state index < -0.39 is 0 Å². The Morgan fingerprint density at radius 1 is 1.07 bits per heavy atom. The topological polar surface area (TPSA) is 96.8 Å². The minimum atomic E-state index is -0.233. The number of hydrogen-bond acceptors (Lipinski definition) is 5. The minimum Gasteiger partial charge on any atom is -0.368 e. The molecule has 2 heterocycles. The molecule has 0 fully saturated rings. The van der Waals surface area contributed by atoms with Gasteiger partial charge in [-0.3, -0.25) is 4.57 Å². The smallest absolute Gasteiger partial charge is 0.319 e. The summed E-state index contributed by atoms with van der Waals surface area (Å²) in [4.78, 5) is 24.9. The molecule has 0 aliphatic rings. The Labute approximate surface area is 164 Å². The van der Waals surface area contributed by atoms with Gasteiger partial charge in [0.1, 0.15) is 24.3 Å². The number of anilines is 2. The third-order valence-electron chi connectivity index (χ3n) is 4.72. The molecule has 146 valence electrons.